The Balaban J connectivity index is 1.77. The lowest BCUT2D eigenvalue weighted by Gasteiger charge is -2.07. The smallest absolute Gasteiger partial charge is 0.198 e. The van der Waals surface area contributed by atoms with Crippen LogP contribution in [0.4, 0.5) is 0 Å². The van der Waals surface area contributed by atoms with Crippen LogP contribution >= 0.6 is 15.9 Å². The van der Waals surface area contributed by atoms with Gasteiger partial charge in [0.1, 0.15) is 5.69 Å². The molecule has 3 aromatic rings. The Morgan fingerprint density at radius 3 is 2.85 bits per heavy atom. The van der Waals surface area contributed by atoms with Gasteiger partial charge in [-0.25, -0.2) is 9.50 Å². The molecule has 0 unspecified atom stereocenters. The maximum Gasteiger partial charge on any atom is 0.198 e. The molecule has 0 bridgehead atoms. The molecule has 8 heteroatoms. The molecule has 0 aromatic carbocycles. The minimum atomic E-state index is -0.383. The van der Waals surface area contributed by atoms with E-state index in [1.54, 1.807) is 37.7 Å². The van der Waals surface area contributed by atoms with E-state index >= 15 is 0 Å². The summed E-state index contributed by atoms with van der Waals surface area (Å²) in [7, 11) is 1.55. The Morgan fingerprint density at radius 2 is 2.19 bits per heavy atom. The number of aliphatic hydroxyl groups excluding tert-OH is 1. The average molecular weight is 417 g/mol. The molecule has 3 aromatic heterocycles. The molecule has 134 valence electrons. The van der Waals surface area contributed by atoms with E-state index in [-0.39, 0.29) is 24.2 Å². The van der Waals surface area contributed by atoms with Gasteiger partial charge in [0.25, 0.3) is 0 Å². The second-order valence-electron chi connectivity index (χ2n) is 6.46. The number of hydrogen-bond donors (Lipinski definition) is 1. The van der Waals surface area contributed by atoms with Gasteiger partial charge >= 0.3 is 0 Å². The maximum absolute atomic E-state index is 12.9. The normalized spacial score (nSPS) is 15.2. The van der Waals surface area contributed by atoms with Crippen molar-refractivity contribution in [3.05, 3.63) is 52.1 Å². The van der Waals surface area contributed by atoms with Crippen LogP contribution in [0.25, 0.3) is 5.65 Å². The summed E-state index contributed by atoms with van der Waals surface area (Å²) in [6.07, 6.45) is 5.22. The van der Waals surface area contributed by atoms with Gasteiger partial charge in [-0.2, -0.15) is 0 Å². The fourth-order valence-electron chi connectivity index (χ4n) is 2.95. The molecule has 0 atom stereocenters. The molecular formula is C18H17BrN4O3. The van der Waals surface area contributed by atoms with Gasteiger partial charge in [-0.1, -0.05) is 0 Å². The van der Waals surface area contributed by atoms with Crippen LogP contribution < -0.4 is 4.74 Å². The molecule has 4 rings (SSSR count). The highest BCUT2D eigenvalue weighted by Gasteiger charge is 2.47. The van der Waals surface area contributed by atoms with Crippen LogP contribution in [0.1, 0.15) is 34.7 Å². The molecule has 1 N–H and O–H groups in total. The lowest BCUT2D eigenvalue weighted by atomic mass is 10.1. The number of aliphatic hydroxyl groups is 1. The molecule has 1 aliphatic carbocycles. The number of ketones is 1. The second kappa shape index (κ2) is 6.44. The number of halogens is 1. The number of ether oxygens (including phenoxy) is 1. The number of methoxy groups -OCH3 is 1. The third kappa shape index (κ3) is 2.79. The van der Waals surface area contributed by atoms with E-state index < -0.39 is 0 Å². The highest BCUT2D eigenvalue weighted by molar-refractivity contribution is 9.10. The zero-order valence-corrected chi connectivity index (χ0v) is 15.7. The molecule has 3 heterocycles. The van der Waals surface area contributed by atoms with E-state index in [9.17, 15) is 9.90 Å². The zero-order valence-electron chi connectivity index (χ0n) is 14.1. The second-order valence-corrected chi connectivity index (χ2v) is 7.32. The van der Waals surface area contributed by atoms with Gasteiger partial charge in [0.05, 0.1) is 19.1 Å². The largest absolute Gasteiger partial charge is 0.493 e. The van der Waals surface area contributed by atoms with Crippen LogP contribution in [-0.2, 0) is 11.8 Å². The van der Waals surface area contributed by atoms with Gasteiger partial charge in [0.2, 0.25) is 0 Å². The molecule has 26 heavy (non-hydrogen) atoms. The number of rotatable bonds is 6. The van der Waals surface area contributed by atoms with Crippen LogP contribution in [0, 0.1) is 0 Å². The van der Waals surface area contributed by atoms with Crippen molar-refractivity contribution >= 4 is 27.4 Å². The predicted octanol–water partition coefficient (Wildman–Crippen LogP) is 2.34. The van der Waals surface area contributed by atoms with E-state index in [0.717, 1.165) is 22.9 Å². The monoisotopic (exact) mass is 416 g/mol. The van der Waals surface area contributed by atoms with Crippen molar-refractivity contribution in [3.63, 3.8) is 0 Å². The van der Waals surface area contributed by atoms with Gasteiger partial charge in [-0.3, -0.25) is 9.78 Å². The summed E-state index contributed by atoms with van der Waals surface area (Å²) in [4.78, 5) is 21.5. The third-order valence-electron chi connectivity index (χ3n) is 4.79. The quantitative estimate of drug-likeness (QED) is 0.620. The fourth-order valence-corrected chi connectivity index (χ4v) is 3.34. The molecule has 7 nitrogen and oxygen atoms in total. The van der Waals surface area contributed by atoms with E-state index in [2.05, 4.69) is 31.0 Å². The fraction of sp³-hybridized carbons (Fsp3) is 0.333. The molecule has 0 spiro atoms. The topological polar surface area (TPSA) is 89.6 Å². The first-order valence-corrected chi connectivity index (χ1v) is 9.04. The molecule has 0 amide bonds. The van der Waals surface area contributed by atoms with Gasteiger partial charge in [-0.05, 0) is 52.5 Å². The van der Waals surface area contributed by atoms with Gasteiger partial charge in [0.15, 0.2) is 23.0 Å². The highest BCUT2D eigenvalue weighted by atomic mass is 79.9. The summed E-state index contributed by atoms with van der Waals surface area (Å²) < 4.78 is 7.68. The van der Waals surface area contributed by atoms with E-state index in [1.165, 1.54) is 4.52 Å². The minimum absolute atomic E-state index is 0.000556. The van der Waals surface area contributed by atoms with Crippen molar-refractivity contribution in [2.45, 2.75) is 24.7 Å². The van der Waals surface area contributed by atoms with Crippen LogP contribution in [-0.4, -0.2) is 44.2 Å². The number of Topliss-reactive ketones (excluding diaryl/α,β-unsaturated/α-hetero) is 1. The summed E-state index contributed by atoms with van der Waals surface area (Å²) in [5.41, 5.74) is 1.38. The van der Waals surface area contributed by atoms with Crippen LogP contribution in [0.15, 0.2) is 35.1 Å². The summed E-state index contributed by atoms with van der Waals surface area (Å²) in [6, 6.07) is 5.22. The summed E-state index contributed by atoms with van der Waals surface area (Å²) in [6.45, 7) is -0.000556. The Hall–Kier alpha value is -2.32. The zero-order chi connectivity index (χ0) is 18.3. The van der Waals surface area contributed by atoms with Crippen molar-refractivity contribution in [2.75, 3.05) is 13.7 Å². The third-order valence-corrected chi connectivity index (χ3v) is 5.51. The molecule has 1 aliphatic rings. The Bertz CT molecular complexity index is 997. The lowest BCUT2D eigenvalue weighted by molar-refractivity contribution is 0.0985. The van der Waals surface area contributed by atoms with Crippen LogP contribution in [0.5, 0.6) is 5.75 Å². The first-order chi connectivity index (χ1) is 12.6. The number of pyridine rings is 2. The van der Waals surface area contributed by atoms with Crippen molar-refractivity contribution in [1.82, 2.24) is 19.6 Å². The number of hydrogen-bond acceptors (Lipinski definition) is 6. The Kier molecular flexibility index (Phi) is 4.24. The van der Waals surface area contributed by atoms with E-state index in [4.69, 9.17) is 4.74 Å². The average Bonchev–Trinajstić information content (AvgIpc) is 3.33. The SMILES string of the molecule is COc1ccc(C(=O)Cc2ccncc2Br)n2nc(C3(CO)CC3)nc12. The number of fused-ring (bicyclic) bond motifs is 1. The van der Waals surface area contributed by atoms with Crippen LogP contribution in [0.3, 0.4) is 0 Å². The number of carbonyl (C=O) groups excluding carboxylic acids is 1. The first kappa shape index (κ1) is 17.1. The standard InChI is InChI=1S/C18H17BrN4O3/c1-26-15-3-2-13(14(25)8-11-4-7-20-9-12(11)19)23-16(15)21-17(22-23)18(10-24)5-6-18/h2-4,7,9,24H,5-6,8,10H2,1H3. The summed E-state index contributed by atoms with van der Waals surface area (Å²) in [5.74, 6) is 1.01. The van der Waals surface area contributed by atoms with Crippen molar-refractivity contribution in [2.24, 2.45) is 0 Å². The predicted molar refractivity (Wildman–Crippen MR) is 97.5 cm³/mol. The molecule has 0 aliphatic heterocycles. The lowest BCUT2D eigenvalue weighted by Crippen LogP contribution is -2.15. The summed E-state index contributed by atoms with van der Waals surface area (Å²) in [5, 5.41) is 14.2. The number of aromatic nitrogens is 4. The highest BCUT2D eigenvalue weighted by Crippen LogP contribution is 2.46. The Labute approximate surface area is 158 Å². The van der Waals surface area contributed by atoms with Crippen molar-refractivity contribution in [3.8, 4) is 5.75 Å². The van der Waals surface area contributed by atoms with Gasteiger partial charge < -0.3 is 9.84 Å². The minimum Gasteiger partial charge on any atom is -0.493 e. The van der Waals surface area contributed by atoms with Crippen molar-refractivity contribution < 1.29 is 14.6 Å². The summed E-state index contributed by atoms with van der Waals surface area (Å²) >= 11 is 3.42. The Morgan fingerprint density at radius 1 is 1.38 bits per heavy atom. The molecular weight excluding hydrogens is 400 g/mol. The molecule has 0 saturated heterocycles. The molecule has 0 radical (unpaired) electrons. The van der Waals surface area contributed by atoms with E-state index in [1.807, 2.05) is 0 Å². The van der Waals surface area contributed by atoms with Gasteiger partial charge in [-0.15, -0.1) is 5.10 Å². The number of nitrogens with zero attached hydrogens (tertiary/aromatic N) is 4. The molecule has 1 saturated carbocycles. The first-order valence-electron chi connectivity index (χ1n) is 8.25. The molecule has 1 fully saturated rings. The number of carbonyl (C=O) groups is 1. The van der Waals surface area contributed by atoms with E-state index in [0.29, 0.717) is 22.9 Å². The van der Waals surface area contributed by atoms with Crippen LogP contribution in [0.2, 0.25) is 0 Å². The maximum atomic E-state index is 12.9. The van der Waals surface area contributed by atoms with Gasteiger partial charge in [0, 0.05) is 23.3 Å². The van der Waals surface area contributed by atoms with Crippen molar-refractivity contribution in [1.29, 1.82) is 0 Å².